The summed E-state index contributed by atoms with van der Waals surface area (Å²) in [6.45, 7) is 4.12. The van der Waals surface area contributed by atoms with Gasteiger partial charge in [0.15, 0.2) is 0 Å². The molecule has 0 saturated heterocycles. The van der Waals surface area contributed by atoms with Crippen LogP contribution in [0.4, 0.5) is 0 Å². The van der Waals surface area contributed by atoms with Gasteiger partial charge in [-0.2, -0.15) is 0 Å². The third kappa shape index (κ3) is 4.54. The molecule has 0 bridgehead atoms. The van der Waals surface area contributed by atoms with Crippen LogP contribution in [-0.4, -0.2) is 35.1 Å². The lowest BCUT2D eigenvalue weighted by Crippen LogP contribution is -2.36. The molecule has 0 fully saturated rings. The zero-order valence-corrected chi connectivity index (χ0v) is 12.7. The van der Waals surface area contributed by atoms with Crippen LogP contribution in [0.5, 0.6) is 0 Å². The third-order valence-corrected chi connectivity index (χ3v) is 2.92. The zero-order chi connectivity index (χ0) is 14.4. The van der Waals surface area contributed by atoms with E-state index in [-0.39, 0.29) is 30.4 Å². The van der Waals surface area contributed by atoms with E-state index in [0.717, 1.165) is 6.54 Å². The second-order valence-electron chi connectivity index (χ2n) is 4.40. The number of carbonyl (C=O) groups excluding carboxylic acids is 1. The minimum atomic E-state index is -0.197. The van der Waals surface area contributed by atoms with Crippen molar-refractivity contribution in [2.45, 2.75) is 13.5 Å². The molecule has 1 heterocycles. The molecule has 0 saturated carbocycles. The van der Waals surface area contributed by atoms with Crippen molar-refractivity contribution in [3.63, 3.8) is 0 Å². The molecule has 0 radical (unpaired) electrons. The Kier molecular flexibility index (Phi) is 6.84. The Morgan fingerprint density at radius 3 is 2.81 bits per heavy atom. The molecule has 2 N–H and O–H groups in total. The van der Waals surface area contributed by atoms with E-state index in [2.05, 4.69) is 15.6 Å². The van der Waals surface area contributed by atoms with Crippen LogP contribution in [-0.2, 0) is 11.3 Å². The minimum absolute atomic E-state index is 0. The van der Waals surface area contributed by atoms with Gasteiger partial charge in [-0.05, 0) is 18.7 Å². The van der Waals surface area contributed by atoms with Crippen molar-refractivity contribution in [1.82, 2.24) is 20.2 Å². The Balaban J connectivity index is 0.00000220. The van der Waals surface area contributed by atoms with Gasteiger partial charge in [0.25, 0.3) is 5.56 Å². The predicted octanol–water partition coefficient (Wildman–Crippen LogP) is 0.544. The second-order valence-corrected chi connectivity index (χ2v) is 4.40. The molecule has 0 spiro atoms. The standard InChI is InChI=1S/C14H18N4O2.ClH/c1-2-15-7-8-16-13(19)9-18-10-17-12-6-4-3-5-11(12)14(18)20;/h3-6,10,15H,2,7-9H2,1H3,(H,16,19);1H. The van der Waals surface area contributed by atoms with Crippen LogP contribution in [0.2, 0.25) is 0 Å². The number of likely N-dealkylation sites (N-methyl/N-ethyl adjacent to an activating group) is 1. The average molecular weight is 311 g/mol. The zero-order valence-electron chi connectivity index (χ0n) is 11.8. The first-order chi connectivity index (χ1) is 9.72. The minimum Gasteiger partial charge on any atom is -0.353 e. The van der Waals surface area contributed by atoms with E-state index in [1.165, 1.54) is 10.9 Å². The number of hydrogen-bond acceptors (Lipinski definition) is 4. The number of aromatic nitrogens is 2. The molecule has 114 valence electrons. The average Bonchev–Trinajstić information content (AvgIpc) is 2.47. The molecule has 1 amide bonds. The fourth-order valence-corrected chi connectivity index (χ4v) is 1.90. The molecular weight excluding hydrogens is 292 g/mol. The van der Waals surface area contributed by atoms with Crippen molar-refractivity contribution in [2.75, 3.05) is 19.6 Å². The number of fused-ring (bicyclic) bond motifs is 1. The fourth-order valence-electron chi connectivity index (χ4n) is 1.90. The number of nitrogens with zero attached hydrogens (tertiary/aromatic N) is 2. The maximum Gasteiger partial charge on any atom is 0.261 e. The third-order valence-electron chi connectivity index (χ3n) is 2.92. The molecule has 0 unspecified atom stereocenters. The quantitative estimate of drug-likeness (QED) is 0.764. The van der Waals surface area contributed by atoms with Gasteiger partial charge in [-0.1, -0.05) is 19.1 Å². The van der Waals surface area contributed by atoms with E-state index in [4.69, 9.17) is 0 Å². The van der Waals surface area contributed by atoms with Crippen LogP contribution in [0.25, 0.3) is 10.9 Å². The summed E-state index contributed by atoms with van der Waals surface area (Å²) in [4.78, 5) is 28.1. The molecule has 0 aliphatic heterocycles. The maximum atomic E-state index is 12.2. The predicted molar refractivity (Wildman–Crippen MR) is 84.8 cm³/mol. The number of rotatable bonds is 6. The summed E-state index contributed by atoms with van der Waals surface area (Å²) in [6, 6.07) is 7.10. The second kappa shape index (κ2) is 8.39. The Bertz CT molecular complexity index is 657. The van der Waals surface area contributed by atoms with E-state index in [1.54, 1.807) is 18.2 Å². The number of benzene rings is 1. The Labute approximate surface area is 129 Å². The molecule has 0 atom stereocenters. The first kappa shape index (κ1) is 17.1. The monoisotopic (exact) mass is 310 g/mol. The highest BCUT2D eigenvalue weighted by Crippen LogP contribution is 2.04. The molecule has 21 heavy (non-hydrogen) atoms. The van der Waals surface area contributed by atoms with Crippen molar-refractivity contribution in [1.29, 1.82) is 0 Å². The molecule has 2 aromatic rings. The van der Waals surface area contributed by atoms with Gasteiger partial charge in [0.2, 0.25) is 5.91 Å². The van der Waals surface area contributed by atoms with Crippen LogP contribution >= 0.6 is 12.4 Å². The summed E-state index contributed by atoms with van der Waals surface area (Å²) in [5.41, 5.74) is 0.443. The number of amides is 1. The van der Waals surface area contributed by atoms with Gasteiger partial charge in [0, 0.05) is 13.1 Å². The molecule has 6 nitrogen and oxygen atoms in total. The normalized spacial score (nSPS) is 10.1. The van der Waals surface area contributed by atoms with Gasteiger partial charge in [0.05, 0.1) is 17.2 Å². The fraction of sp³-hybridized carbons (Fsp3) is 0.357. The summed E-state index contributed by atoms with van der Waals surface area (Å²) < 4.78 is 1.32. The first-order valence-corrected chi connectivity index (χ1v) is 6.64. The van der Waals surface area contributed by atoms with Crippen LogP contribution in [0.3, 0.4) is 0 Å². The van der Waals surface area contributed by atoms with E-state index < -0.39 is 0 Å². The summed E-state index contributed by atoms with van der Waals surface area (Å²) in [6.07, 6.45) is 1.41. The summed E-state index contributed by atoms with van der Waals surface area (Å²) in [5.74, 6) is -0.193. The number of hydrogen-bond donors (Lipinski definition) is 2. The van der Waals surface area contributed by atoms with Gasteiger partial charge >= 0.3 is 0 Å². The van der Waals surface area contributed by atoms with Crippen LogP contribution < -0.4 is 16.2 Å². The molecule has 0 aliphatic rings. The van der Waals surface area contributed by atoms with E-state index in [9.17, 15) is 9.59 Å². The summed E-state index contributed by atoms with van der Waals surface area (Å²) in [5, 5.41) is 6.38. The topological polar surface area (TPSA) is 76.0 Å². The van der Waals surface area contributed by atoms with E-state index in [1.807, 2.05) is 13.0 Å². The van der Waals surface area contributed by atoms with Gasteiger partial charge in [-0.3, -0.25) is 14.2 Å². The highest BCUT2D eigenvalue weighted by molar-refractivity contribution is 5.85. The van der Waals surface area contributed by atoms with E-state index >= 15 is 0 Å². The van der Waals surface area contributed by atoms with Crippen molar-refractivity contribution >= 4 is 29.2 Å². The Hall–Kier alpha value is -1.92. The number of nitrogens with one attached hydrogen (secondary N) is 2. The molecule has 2 rings (SSSR count). The first-order valence-electron chi connectivity index (χ1n) is 6.64. The largest absolute Gasteiger partial charge is 0.353 e. The maximum absolute atomic E-state index is 12.2. The summed E-state index contributed by atoms with van der Waals surface area (Å²) >= 11 is 0. The van der Waals surface area contributed by atoms with Gasteiger partial charge < -0.3 is 10.6 Å². The van der Waals surface area contributed by atoms with Crippen LogP contribution in [0, 0.1) is 0 Å². The summed E-state index contributed by atoms with van der Waals surface area (Å²) in [7, 11) is 0. The molecular formula is C14H19ClN4O2. The Morgan fingerprint density at radius 2 is 2.05 bits per heavy atom. The van der Waals surface area contributed by atoms with Gasteiger partial charge in [-0.25, -0.2) is 4.98 Å². The number of halogens is 1. The van der Waals surface area contributed by atoms with Crippen molar-refractivity contribution in [3.8, 4) is 0 Å². The van der Waals surface area contributed by atoms with Crippen LogP contribution in [0.15, 0.2) is 35.4 Å². The number of carbonyl (C=O) groups is 1. The lowest BCUT2D eigenvalue weighted by molar-refractivity contribution is -0.121. The molecule has 1 aromatic heterocycles. The SMILES string of the molecule is CCNCCNC(=O)Cn1cnc2ccccc2c1=O.Cl. The van der Waals surface area contributed by atoms with Gasteiger partial charge in [0.1, 0.15) is 6.54 Å². The van der Waals surface area contributed by atoms with Crippen molar-refractivity contribution in [3.05, 3.63) is 40.9 Å². The lowest BCUT2D eigenvalue weighted by atomic mass is 10.2. The van der Waals surface area contributed by atoms with Gasteiger partial charge in [-0.15, -0.1) is 12.4 Å². The molecule has 0 aliphatic carbocycles. The lowest BCUT2D eigenvalue weighted by Gasteiger charge is -2.08. The van der Waals surface area contributed by atoms with Crippen LogP contribution in [0.1, 0.15) is 6.92 Å². The van der Waals surface area contributed by atoms with E-state index in [0.29, 0.717) is 24.0 Å². The smallest absolute Gasteiger partial charge is 0.261 e. The Morgan fingerprint density at radius 1 is 1.29 bits per heavy atom. The highest BCUT2D eigenvalue weighted by atomic mass is 35.5. The highest BCUT2D eigenvalue weighted by Gasteiger charge is 2.07. The molecule has 7 heteroatoms. The van der Waals surface area contributed by atoms with Crippen molar-refractivity contribution in [2.24, 2.45) is 0 Å². The number of para-hydroxylation sites is 1. The molecule has 1 aromatic carbocycles. The van der Waals surface area contributed by atoms with Crippen molar-refractivity contribution < 1.29 is 4.79 Å².